The van der Waals surface area contributed by atoms with Gasteiger partial charge in [-0.2, -0.15) is 0 Å². The van der Waals surface area contributed by atoms with Crippen molar-refractivity contribution < 1.29 is 19.0 Å². The molecule has 0 aliphatic carbocycles. The number of carbonyl (C=O) groups is 1. The number of piperidine rings is 1. The van der Waals surface area contributed by atoms with Crippen LogP contribution >= 0.6 is 0 Å². The predicted molar refractivity (Wildman–Crippen MR) is 129 cm³/mol. The molecule has 2 aromatic rings. The smallest absolute Gasteiger partial charge is 0.254 e. The Labute approximate surface area is 197 Å². The van der Waals surface area contributed by atoms with Gasteiger partial charge in [0.1, 0.15) is 18.1 Å². The molecule has 0 radical (unpaired) electrons. The molecule has 0 unspecified atom stereocenters. The summed E-state index contributed by atoms with van der Waals surface area (Å²) in [6.07, 6.45) is 5.21. The van der Waals surface area contributed by atoms with Crippen molar-refractivity contribution in [3.63, 3.8) is 0 Å². The first kappa shape index (κ1) is 23.6. The zero-order valence-corrected chi connectivity index (χ0v) is 19.9. The minimum atomic E-state index is 0.0883. The van der Waals surface area contributed by atoms with E-state index in [0.717, 1.165) is 69.8 Å². The molecular weight excluding hydrogens is 416 g/mol. The third-order valence-corrected chi connectivity index (χ3v) is 6.83. The Balaban J connectivity index is 1.51. The highest BCUT2D eigenvalue weighted by Crippen LogP contribution is 2.27. The molecule has 6 nitrogen and oxygen atoms in total. The van der Waals surface area contributed by atoms with Gasteiger partial charge in [-0.25, -0.2) is 0 Å². The summed E-state index contributed by atoms with van der Waals surface area (Å²) in [7, 11) is 3.46. The first-order valence-corrected chi connectivity index (χ1v) is 12.1. The number of carbonyl (C=O) groups excluding carboxylic acids is 1. The number of hydrogen-bond acceptors (Lipinski definition) is 5. The Kier molecular flexibility index (Phi) is 8.24. The second-order valence-corrected chi connectivity index (χ2v) is 8.98. The van der Waals surface area contributed by atoms with E-state index in [9.17, 15) is 4.79 Å². The van der Waals surface area contributed by atoms with Gasteiger partial charge in [-0.05, 0) is 68.1 Å². The number of nitrogens with zero attached hydrogens (tertiary/aromatic N) is 2. The highest BCUT2D eigenvalue weighted by molar-refractivity contribution is 5.95. The van der Waals surface area contributed by atoms with Crippen LogP contribution in [0.15, 0.2) is 48.5 Å². The van der Waals surface area contributed by atoms with Crippen LogP contribution in [-0.4, -0.2) is 68.3 Å². The van der Waals surface area contributed by atoms with E-state index in [-0.39, 0.29) is 18.1 Å². The van der Waals surface area contributed by atoms with Crippen molar-refractivity contribution in [1.29, 1.82) is 0 Å². The van der Waals surface area contributed by atoms with E-state index in [1.165, 1.54) is 5.56 Å². The molecule has 1 amide bonds. The molecule has 0 saturated carbocycles. The average Bonchev–Trinajstić information content (AvgIpc) is 2.86. The van der Waals surface area contributed by atoms with Gasteiger partial charge in [0.2, 0.25) is 0 Å². The van der Waals surface area contributed by atoms with Crippen LogP contribution < -0.4 is 9.47 Å². The summed E-state index contributed by atoms with van der Waals surface area (Å²) in [4.78, 5) is 17.9. The molecule has 1 fully saturated rings. The van der Waals surface area contributed by atoms with E-state index < -0.39 is 0 Å². The van der Waals surface area contributed by atoms with E-state index in [1.54, 1.807) is 14.2 Å². The third kappa shape index (κ3) is 6.06. The van der Waals surface area contributed by atoms with Crippen molar-refractivity contribution in [3.8, 4) is 11.5 Å². The minimum Gasteiger partial charge on any atom is -0.497 e. The SMILES string of the molecule is COc1ccc(CN2CCCC[C@@H]3[C@H](OC)CCCN3C(=O)c3cccc(c3)OCC2)cc1. The lowest BCUT2D eigenvalue weighted by Crippen LogP contribution is -2.51. The van der Waals surface area contributed by atoms with Crippen molar-refractivity contribution in [1.82, 2.24) is 9.80 Å². The molecule has 2 bridgehead atoms. The van der Waals surface area contributed by atoms with Gasteiger partial charge in [-0.1, -0.05) is 24.6 Å². The summed E-state index contributed by atoms with van der Waals surface area (Å²) < 4.78 is 17.2. The van der Waals surface area contributed by atoms with Crippen molar-refractivity contribution in [2.45, 2.75) is 50.8 Å². The largest absolute Gasteiger partial charge is 0.497 e. The normalized spacial score (nSPS) is 22.7. The van der Waals surface area contributed by atoms with Crippen molar-refractivity contribution >= 4 is 5.91 Å². The van der Waals surface area contributed by atoms with Crippen LogP contribution in [0.2, 0.25) is 0 Å². The lowest BCUT2D eigenvalue weighted by atomic mass is 9.93. The van der Waals surface area contributed by atoms with Gasteiger partial charge in [0.25, 0.3) is 5.91 Å². The maximum Gasteiger partial charge on any atom is 0.254 e. The molecule has 2 aliphatic heterocycles. The molecule has 6 heteroatoms. The van der Waals surface area contributed by atoms with Gasteiger partial charge >= 0.3 is 0 Å². The van der Waals surface area contributed by atoms with Gasteiger partial charge in [-0.3, -0.25) is 9.69 Å². The zero-order chi connectivity index (χ0) is 23.0. The summed E-state index contributed by atoms with van der Waals surface area (Å²) >= 11 is 0. The topological polar surface area (TPSA) is 51.2 Å². The van der Waals surface area contributed by atoms with Crippen molar-refractivity contribution in [3.05, 3.63) is 59.7 Å². The van der Waals surface area contributed by atoms with Crippen LogP contribution in [-0.2, 0) is 11.3 Å². The fourth-order valence-electron chi connectivity index (χ4n) is 5.02. The summed E-state index contributed by atoms with van der Waals surface area (Å²) in [5, 5.41) is 0. The molecule has 2 aliphatic rings. The maximum absolute atomic E-state index is 13.4. The first-order chi connectivity index (χ1) is 16.2. The molecule has 2 heterocycles. The summed E-state index contributed by atoms with van der Waals surface area (Å²) in [5.74, 6) is 1.71. The number of hydrogen-bond donors (Lipinski definition) is 0. The van der Waals surface area contributed by atoms with Gasteiger partial charge in [0.15, 0.2) is 0 Å². The van der Waals surface area contributed by atoms with Crippen LogP contribution in [0.3, 0.4) is 0 Å². The number of amides is 1. The molecular formula is C27H36N2O4. The zero-order valence-electron chi connectivity index (χ0n) is 19.9. The summed E-state index contributed by atoms with van der Waals surface area (Å²) in [5.41, 5.74) is 1.96. The van der Waals surface area contributed by atoms with E-state index in [1.807, 2.05) is 41.3 Å². The fraction of sp³-hybridized carbons (Fsp3) is 0.519. The second kappa shape index (κ2) is 11.5. The van der Waals surface area contributed by atoms with Gasteiger partial charge < -0.3 is 19.1 Å². The highest BCUT2D eigenvalue weighted by Gasteiger charge is 2.34. The Morgan fingerprint density at radius 1 is 0.970 bits per heavy atom. The highest BCUT2D eigenvalue weighted by atomic mass is 16.5. The lowest BCUT2D eigenvalue weighted by Gasteiger charge is -2.41. The average molecular weight is 453 g/mol. The molecule has 0 aromatic heterocycles. The van der Waals surface area contributed by atoms with E-state index in [4.69, 9.17) is 14.2 Å². The minimum absolute atomic E-state index is 0.0883. The van der Waals surface area contributed by atoms with E-state index >= 15 is 0 Å². The van der Waals surface area contributed by atoms with Crippen LogP contribution in [0, 0.1) is 0 Å². The lowest BCUT2D eigenvalue weighted by molar-refractivity contribution is -0.0156. The number of fused-ring (bicyclic) bond motifs is 3. The fourth-order valence-corrected chi connectivity index (χ4v) is 5.02. The Hall–Kier alpha value is -2.57. The van der Waals surface area contributed by atoms with Crippen LogP contribution in [0.25, 0.3) is 0 Å². The molecule has 0 N–H and O–H groups in total. The number of ether oxygens (including phenoxy) is 3. The van der Waals surface area contributed by atoms with Crippen molar-refractivity contribution in [2.24, 2.45) is 0 Å². The molecule has 4 rings (SSSR count). The van der Waals surface area contributed by atoms with E-state index in [0.29, 0.717) is 12.2 Å². The molecule has 1 saturated heterocycles. The maximum atomic E-state index is 13.4. The monoisotopic (exact) mass is 452 g/mol. The van der Waals surface area contributed by atoms with Crippen LogP contribution in [0.1, 0.15) is 48.0 Å². The van der Waals surface area contributed by atoms with Gasteiger partial charge in [-0.15, -0.1) is 0 Å². The first-order valence-electron chi connectivity index (χ1n) is 12.1. The van der Waals surface area contributed by atoms with Crippen LogP contribution in [0.4, 0.5) is 0 Å². The van der Waals surface area contributed by atoms with Crippen LogP contribution in [0.5, 0.6) is 11.5 Å². The number of rotatable bonds is 4. The third-order valence-electron chi connectivity index (χ3n) is 6.83. The van der Waals surface area contributed by atoms with Gasteiger partial charge in [0, 0.05) is 32.3 Å². The van der Waals surface area contributed by atoms with Crippen molar-refractivity contribution in [2.75, 3.05) is 40.5 Å². The van der Waals surface area contributed by atoms with E-state index in [2.05, 4.69) is 17.0 Å². The molecule has 2 atom stereocenters. The second-order valence-electron chi connectivity index (χ2n) is 8.98. The molecule has 33 heavy (non-hydrogen) atoms. The standard InChI is InChI=1S/C27H36N2O4/c1-31-23-13-11-21(12-14-23)20-28-15-4-3-9-25-26(32-2)10-6-16-29(25)27(30)22-7-5-8-24(19-22)33-18-17-28/h5,7-8,11-14,19,25-26H,3-4,6,9-10,15-18,20H2,1-2H3/t25-,26-/m1/s1. The Bertz CT molecular complexity index is 901. The Morgan fingerprint density at radius 3 is 2.61 bits per heavy atom. The Morgan fingerprint density at radius 2 is 1.82 bits per heavy atom. The summed E-state index contributed by atoms with van der Waals surface area (Å²) in [6.45, 7) is 4.08. The molecule has 178 valence electrons. The predicted octanol–water partition coefficient (Wildman–Crippen LogP) is 4.38. The molecule has 2 aromatic carbocycles. The number of benzene rings is 2. The summed E-state index contributed by atoms with van der Waals surface area (Å²) in [6, 6.07) is 16.0. The van der Waals surface area contributed by atoms with Gasteiger partial charge in [0.05, 0.1) is 19.3 Å². The molecule has 0 spiro atoms. The number of methoxy groups -OCH3 is 2. The quantitative estimate of drug-likeness (QED) is 0.689.